The lowest BCUT2D eigenvalue weighted by Crippen LogP contribution is -2.39. The van der Waals surface area contributed by atoms with Gasteiger partial charge in [-0.3, -0.25) is 9.36 Å². The molecule has 3 heterocycles. The highest BCUT2D eigenvalue weighted by atomic mass is 32.1. The standard InChI is InChI=1S/C33H29N3O3S/c1-5-39-32(38)27-21(4)34-33-36(30(27)23-14-10-7-11-15-23)31(37)26(40-33)18-25-24-17-19(2)16-20(3)28(24)35-29(25)22-12-8-6-9-13-22/h6-18,30,35H,5H2,1-4H3/b26-18+/t30-/m1/s1. The number of benzene rings is 3. The van der Waals surface area contributed by atoms with Gasteiger partial charge in [0.15, 0.2) is 4.80 Å². The molecule has 0 radical (unpaired) electrons. The number of hydrogen-bond donors (Lipinski definition) is 1. The van der Waals surface area contributed by atoms with Gasteiger partial charge in [0.05, 0.1) is 34.1 Å². The first kappa shape index (κ1) is 25.8. The van der Waals surface area contributed by atoms with Crippen molar-refractivity contribution in [2.75, 3.05) is 6.61 Å². The fraction of sp³-hybridized carbons (Fsp3) is 0.182. The van der Waals surface area contributed by atoms with E-state index in [-0.39, 0.29) is 12.2 Å². The summed E-state index contributed by atoms with van der Waals surface area (Å²) in [6, 6.07) is 23.4. The number of carbonyl (C=O) groups excluding carboxylic acids is 1. The first-order valence-electron chi connectivity index (χ1n) is 13.3. The molecule has 0 fully saturated rings. The Balaban J connectivity index is 1.63. The van der Waals surface area contributed by atoms with Gasteiger partial charge in [0, 0.05) is 16.5 Å². The van der Waals surface area contributed by atoms with Crippen molar-refractivity contribution < 1.29 is 9.53 Å². The van der Waals surface area contributed by atoms with Gasteiger partial charge in [-0.05, 0) is 56.5 Å². The molecule has 1 atom stereocenters. The van der Waals surface area contributed by atoms with Gasteiger partial charge < -0.3 is 9.72 Å². The van der Waals surface area contributed by atoms with E-state index in [0.717, 1.165) is 44.4 Å². The fourth-order valence-corrected chi connectivity index (χ4v) is 6.56. The number of H-pyrrole nitrogens is 1. The maximum atomic E-state index is 14.2. The molecule has 0 unspecified atom stereocenters. The Morgan fingerprint density at radius 2 is 1.75 bits per heavy atom. The van der Waals surface area contributed by atoms with Crippen molar-refractivity contribution in [1.82, 2.24) is 9.55 Å². The van der Waals surface area contributed by atoms with E-state index in [1.54, 1.807) is 18.4 Å². The van der Waals surface area contributed by atoms with Gasteiger partial charge in [0.1, 0.15) is 0 Å². The Morgan fingerprint density at radius 1 is 1.05 bits per heavy atom. The summed E-state index contributed by atoms with van der Waals surface area (Å²) in [6.45, 7) is 7.99. The minimum absolute atomic E-state index is 0.190. The van der Waals surface area contributed by atoms with E-state index < -0.39 is 12.0 Å². The monoisotopic (exact) mass is 547 g/mol. The number of esters is 1. The van der Waals surface area contributed by atoms with E-state index >= 15 is 0 Å². The van der Waals surface area contributed by atoms with E-state index in [9.17, 15) is 9.59 Å². The van der Waals surface area contributed by atoms with Crippen molar-refractivity contribution >= 4 is 34.3 Å². The number of thiazole rings is 1. The van der Waals surface area contributed by atoms with Crippen LogP contribution in [0, 0.1) is 13.8 Å². The molecular formula is C33H29N3O3S. The molecule has 6 nitrogen and oxygen atoms in total. The highest BCUT2D eigenvalue weighted by Gasteiger charge is 2.33. The number of aryl methyl sites for hydroxylation is 2. The van der Waals surface area contributed by atoms with Crippen molar-refractivity contribution in [2.24, 2.45) is 4.99 Å². The third-order valence-corrected chi connectivity index (χ3v) is 8.24. The topological polar surface area (TPSA) is 76.4 Å². The fourth-order valence-electron chi connectivity index (χ4n) is 5.53. The zero-order valence-electron chi connectivity index (χ0n) is 22.8. The average molecular weight is 548 g/mol. The molecule has 6 rings (SSSR count). The molecule has 1 N–H and O–H groups in total. The van der Waals surface area contributed by atoms with Gasteiger partial charge >= 0.3 is 5.97 Å². The molecule has 0 saturated carbocycles. The number of hydrogen-bond acceptors (Lipinski definition) is 5. The highest BCUT2D eigenvalue weighted by molar-refractivity contribution is 7.07. The Labute approximate surface area is 235 Å². The number of nitrogens with zero attached hydrogens (tertiary/aromatic N) is 2. The van der Waals surface area contributed by atoms with Gasteiger partial charge in [0.2, 0.25) is 0 Å². The molecule has 5 aromatic rings. The Kier molecular flexibility index (Phi) is 6.60. The van der Waals surface area contributed by atoms with Crippen LogP contribution in [0.4, 0.5) is 0 Å². The Hall–Kier alpha value is -4.49. The molecule has 0 amide bonds. The van der Waals surface area contributed by atoms with Crippen LogP contribution < -0.4 is 14.9 Å². The first-order chi connectivity index (χ1) is 19.4. The summed E-state index contributed by atoms with van der Waals surface area (Å²) in [5, 5.41) is 1.06. The lowest BCUT2D eigenvalue weighted by molar-refractivity contribution is -0.139. The second kappa shape index (κ2) is 10.2. The highest BCUT2D eigenvalue weighted by Crippen LogP contribution is 2.34. The van der Waals surface area contributed by atoms with Crippen LogP contribution in [0.1, 0.15) is 42.1 Å². The van der Waals surface area contributed by atoms with Gasteiger partial charge in [-0.1, -0.05) is 83.6 Å². The molecule has 0 saturated heterocycles. The van der Waals surface area contributed by atoms with E-state index in [2.05, 4.69) is 43.1 Å². The number of ether oxygens (including phenoxy) is 1. The van der Waals surface area contributed by atoms with Crippen molar-refractivity contribution in [3.63, 3.8) is 0 Å². The third kappa shape index (κ3) is 4.32. The summed E-state index contributed by atoms with van der Waals surface area (Å²) in [7, 11) is 0. The van der Waals surface area contributed by atoms with Crippen LogP contribution in [0.25, 0.3) is 28.2 Å². The lowest BCUT2D eigenvalue weighted by Gasteiger charge is -2.24. The number of aromatic nitrogens is 2. The molecule has 3 aromatic carbocycles. The second-order valence-electron chi connectivity index (χ2n) is 10.00. The summed E-state index contributed by atoms with van der Waals surface area (Å²) in [5.41, 5.74) is 7.88. The summed E-state index contributed by atoms with van der Waals surface area (Å²) in [6.07, 6.45) is 1.97. The van der Waals surface area contributed by atoms with E-state index in [1.807, 2.05) is 54.6 Å². The normalized spacial score (nSPS) is 15.3. The predicted octanol–water partition coefficient (Wildman–Crippen LogP) is 5.56. The third-order valence-electron chi connectivity index (χ3n) is 7.26. The molecular weight excluding hydrogens is 518 g/mol. The number of rotatable bonds is 5. The molecule has 0 bridgehead atoms. The molecule has 1 aliphatic rings. The van der Waals surface area contributed by atoms with Gasteiger partial charge in [-0.15, -0.1) is 0 Å². The maximum Gasteiger partial charge on any atom is 0.338 e. The van der Waals surface area contributed by atoms with Crippen LogP contribution in [0.3, 0.4) is 0 Å². The lowest BCUT2D eigenvalue weighted by atomic mass is 9.96. The molecule has 2 aromatic heterocycles. The number of fused-ring (bicyclic) bond motifs is 2. The molecule has 0 spiro atoms. The van der Waals surface area contributed by atoms with Gasteiger partial charge in [-0.25, -0.2) is 9.79 Å². The van der Waals surface area contributed by atoms with E-state index in [0.29, 0.717) is 20.6 Å². The zero-order valence-corrected chi connectivity index (χ0v) is 23.6. The van der Waals surface area contributed by atoms with Crippen molar-refractivity contribution in [3.8, 4) is 11.3 Å². The smallest absolute Gasteiger partial charge is 0.338 e. The number of carbonyl (C=O) groups is 1. The predicted molar refractivity (Wildman–Crippen MR) is 160 cm³/mol. The summed E-state index contributed by atoms with van der Waals surface area (Å²) in [5.74, 6) is -0.458. The van der Waals surface area contributed by atoms with Crippen molar-refractivity contribution in [2.45, 2.75) is 33.7 Å². The van der Waals surface area contributed by atoms with Crippen molar-refractivity contribution in [1.29, 1.82) is 0 Å². The number of aromatic amines is 1. The van der Waals surface area contributed by atoms with Crippen LogP contribution in [0.15, 0.2) is 93.9 Å². The van der Waals surface area contributed by atoms with Crippen LogP contribution in [0.2, 0.25) is 0 Å². The Bertz CT molecular complexity index is 1980. The molecule has 7 heteroatoms. The Morgan fingerprint density at radius 3 is 2.45 bits per heavy atom. The summed E-state index contributed by atoms with van der Waals surface area (Å²) < 4.78 is 7.59. The number of allylic oxidation sites excluding steroid dienone is 1. The molecule has 200 valence electrons. The van der Waals surface area contributed by atoms with Crippen molar-refractivity contribution in [3.05, 3.63) is 126 Å². The quantitative estimate of drug-likeness (QED) is 0.293. The van der Waals surface area contributed by atoms with Crippen LogP contribution in [0.5, 0.6) is 0 Å². The summed E-state index contributed by atoms with van der Waals surface area (Å²) in [4.78, 5) is 36.2. The van der Waals surface area contributed by atoms with Crippen LogP contribution >= 0.6 is 11.3 Å². The van der Waals surface area contributed by atoms with Crippen LogP contribution in [-0.2, 0) is 9.53 Å². The number of nitrogens with one attached hydrogen (secondary N) is 1. The maximum absolute atomic E-state index is 14.2. The second-order valence-corrected chi connectivity index (χ2v) is 11.0. The molecule has 1 aliphatic heterocycles. The van der Waals surface area contributed by atoms with Crippen LogP contribution in [-0.4, -0.2) is 22.1 Å². The van der Waals surface area contributed by atoms with E-state index in [4.69, 9.17) is 9.73 Å². The average Bonchev–Trinajstić information content (AvgIpc) is 3.46. The largest absolute Gasteiger partial charge is 0.463 e. The van der Waals surface area contributed by atoms with E-state index in [1.165, 1.54) is 11.3 Å². The van der Waals surface area contributed by atoms with Gasteiger partial charge in [-0.2, -0.15) is 0 Å². The molecule has 40 heavy (non-hydrogen) atoms. The SMILES string of the molecule is CCOC(=O)C1=C(C)N=c2s/c(=C/c3c(-c4ccccc4)[nH]c4c(C)cc(C)cc34)c(=O)n2[C@@H]1c1ccccc1. The van der Waals surface area contributed by atoms with Gasteiger partial charge in [0.25, 0.3) is 5.56 Å². The minimum atomic E-state index is -0.625. The minimum Gasteiger partial charge on any atom is -0.463 e. The summed E-state index contributed by atoms with van der Waals surface area (Å²) >= 11 is 1.34. The first-order valence-corrected chi connectivity index (χ1v) is 14.1. The molecule has 0 aliphatic carbocycles. The zero-order chi connectivity index (χ0) is 28.0.